The smallest absolute Gasteiger partial charge is 0.256 e. The third-order valence-electron chi connectivity index (χ3n) is 3.63. The van der Waals surface area contributed by atoms with Crippen LogP contribution < -0.4 is 11.1 Å². The van der Waals surface area contributed by atoms with Crippen molar-refractivity contribution in [1.29, 1.82) is 0 Å². The van der Waals surface area contributed by atoms with Crippen molar-refractivity contribution in [2.45, 2.75) is 6.92 Å². The van der Waals surface area contributed by atoms with Crippen molar-refractivity contribution in [2.75, 3.05) is 5.32 Å². The second kappa shape index (κ2) is 7.28. The van der Waals surface area contributed by atoms with Crippen LogP contribution in [0, 0.1) is 6.92 Å². The Hall–Kier alpha value is -3.32. The number of benzene rings is 2. The molecule has 0 aliphatic heterocycles. The molecule has 0 saturated carbocycles. The molecule has 7 nitrogen and oxygen atoms in total. The maximum absolute atomic E-state index is 11.9. The Morgan fingerprint density at radius 3 is 2.81 bits per heavy atom. The van der Waals surface area contributed by atoms with Crippen molar-refractivity contribution in [1.82, 2.24) is 10.2 Å². The summed E-state index contributed by atoms with van der Waals surface area (Å²) in [4.78, 5) is 16.0. The number of phenols is 1. The quantitative estimate of drug-likeness (QED) is 0.513. The molecule has 0 bridgehead atoms. The average Bonchev–Trinajstić information content (AvgIpc) is 2.97. The molecule has 0 aliphatic carbocycles. The van der Waals surface area contributed by atoms with E-state index in [1.54, 1.807) is 12.1 Å². The number of aryl methyl sites for hydroxylation is 1. The molecule has 0 aliphatic rings. The molecule has 1 heterocycles. The maximum atomic E-state index is 11.9. The van der Waals surface area contributed by atoms with Gasteiger partial charge in [0.1, 0.15) is 17.1 Å². The van der Waals surface area contributed by atoms with Gasteiger partial charge in [-0.15, -0.1) is 0 Å². The molecule has 0 saturated heterocycles. The van der Waals surface area contributed by atoms with Crippen molar-refractivity contribution in [2.24, 2.45) is 10.7 Å². The molecule has 8 heteroatoms. The van der Waals surface area contributed by atoms with Crippen molar-refractivity contribution in [3.05, 3.63) is 64.2 Å². The summed E-state index contributed by atoms with van der Waals surface area (Å²) in [6.07, 6.45) is 1.33. The topological polar surface area (TPSA) is 116 Å². The summed E-state index contributed by atoms with van der Waals surface area (Å²) >= 11 is 6.04. The van der Waals surface area contributed by atoms with E-state index in [1.807, 2.05) is 31.2 Å². The Morgan fingerprint density at radius 1 is 1.35 bits per heavy atom. The van der Waals surface area contributed by atoms with Crippen LogP contribution in [0.3, 0.4) is 0 Å². The summed E-state index contributed by atoms with van der Waals surface area (Å²) in [6.45, 7) is 1.96. The van der Waals surface area contributed by atoms with Crippen LogP contribution in [0.1, 0.15) is 21.5 Å². The first-order valence-corrected chi connectivity index (χ1v) is 8.07. The minimum atomic E-state index is -0.690. The summed E-state index contributed by atoms with van der Waals surface area (Å²) in [5.41, 5.74) is 7.74. The zero-order valence-corrected chi connectivity index (χ0v) is 14.6. The molecule has 0 spiro atoms. The number of aromatic amines is 1. The summed E-state index contributed by atoms with van der Waals surface area (Å²) in [5.74, 6) is -0.300. The lowest BCUT2D eigenvalue weighted by Crippen LogP contribution is -2.12. The molecule has 0 fully saturated rings. The van der Waals surface area contributed by atoms with Gasteiger partial charge in [-0.1, -0.05) is 29.8 Å². The van der Waals surface area contributed by atoms with Crippen LogP contribution in [0.4, 0.5) is 17.3 Å². The van der Waals surface area contributed by atoms with Gasteiger partial charge in [0.2, 0.25) is 0 Å². The lowest BCUT2D eigenvalue weighted by atomic mass is 10.2. The number of rotatable bonds is 5. The third kappa shape index (κ3) is 3.68. The summed E-state index contributed by atoms with van der Waals surface area (Å²) in [5, 5.41) is 20.0. The largest absolute Gasteiger partial charge is 0.507 e. The van der Waals surface area contributed by atoms with Gasteiger partial charge in [0.05, 0.1) is 10.6 Å². The minimum absolute atomic E-state index is 0.0319. The number of aliphatic imine (C=N–C) groups is 1. The fourth-order valence-electron chi connectivity index (χ4n) is 2.40. The lowest BCUT2D eigenvalue weighted by Gasteiger charge is -2.06. The molecular weight excluding hydrogens is 354 g/mol. The second-order valence-electron chi connectivity index (χ2n) is 5.59. The summed E-state index contributed by atoms with van der Waals surface area (Å²) < 4.78 is 0. The van der Waals surface area contributed by atoms with E-state index in [1.165, 1.54) is 12.3 Å². The van der Waals surface area contributed by atoms with E-state index in [9.17, 15) is 9.90 Å². The van der Waals surface area contributed by atoms with Crippen LogP contribution in [-0.2, 0) is 0 Å². The number of hydrogen-bond donors (Lipinski definition) is 4. The number of aromatic hydroxyl groups is 1. The van der Waals surface area contributed by atoms with E-state index < -0.39 is 5.91 Å². The Bertz CT molecular complexity index is 977. The number of carbonyl (C=O) groups is 1. The number of anilines is 2. The zero-order chi connectivity index (χ0) is 18.7. The van der Waals surface area contributed by atoms with Crippen LogP contribution in [0.2, 0.25) is 5.02 Å². The second-order valence-corrected chi connectivity index (χ2v) is 5.99. The Balaban J connectivity index is 1.95. The number of nitrogens with zero attached hydrogens (tertiary/aromatic N) is 2. The number of hydrogen-bond acceptors (Lipinski definition) is 5. The van der Waals surface area contributed by atoms with Gasteiger partial charge >= 0.3 is 0 Å². The van der Waals surface area contributed by atoms with Gasteiger partial charge in [0.25, 0.3) is 5.91 Å². The van der Waals surface area contributed by atoms with Gasteiger partial charge in [-0.3, -0.25) is 9.89 Å². The van der Waals surface area contributed by atoms with Crippen molar-refractivity contribution >= 4 is 41.0 Å². The lowest BCUT2D eigenvalue weighted by molar-refractivity contribution is 0.100. The number of aromatic nitrogens is 2. The molecule has 2 aromatic carbocycles. The van der Waals surface area contributed by atoms with Crippen molar-refractivity contribution in [3.63, 3.8) is 0 Å². The molecule has 0 unspecified atom stereocenters. The fourth-order valence-corrected chi connectivity index (χ4v) is 2.61. The highest BCUT2D eigenvalue weighted by Crippen LogP contribution is 2.28. The standard InChI is InChI=1S/C18H16ClN5O2/c1-10-4-2-5-11(8-10)22-18-15(16(20)26)17(23-24-18)21-9-12-13(19)6-3-7-14(12)25/h2-9,25H,1H3,(H2,20,26)(H2,22,23,24). The fraction of sp³-hybridized carbons (Fsp3) is 0.0556. The van der Waals surface area contributed by atoms with Crippen LogP contribution in [0.25, 0.3) is 0 Å². The van der Waals surface area contributed by atoms with E-state index in [4.69, 9.17) is 17.3 Å². The first kappa shape index (κ1) is 17.5. The molecule has 132 valence electrons. The number of carbonyl (C=O) groups excluding carboxylic acids is 1. The molecular formula is C18H16ClN5O2. The van der Waals surface area contributed by atoms with Crippen molar-refractivity contribution in [3.8, 4) is 5.75 Å². The number of halogens is 1. The Kier molecular flexibility index (Phi) is 4.90. The van der Waals surface area contributed by atoms with Gasteiger partial charge in [-0.05, 0) is 36.8 Å². The molecule has 1 aromatic heterocycles. The molecule has 0 radical (unpaired) electrons. The van der Waals surface area contributed by atoms with Gasteiger partial charge in [0, 0.05) is 11.9 Å². The summed E-state index contributed by atoms with van der Waals surface area (Å²) in [6, 6.07) is 12.3. The minimum Gasteiger partial charge on any atom is -0.507 e. The highest BCUT2D eigenvalue weighted by atomic mass is 35.5. The summed E-state index contributed by atoms with van der Waals surface area (Å²) in [7, 11) is 0. The molecule has 3 rings (SSSR count). The molecule has 5 N–H and O–H groups in total. The monoisotopic (exact) mass is 369 g/mol. The number of nitrogens with one attached hydrogen (secondary N) is 2. The van der Waals surface area contributed by atoms with Crippen LogP contribution in [-0.4, -0.2) is 27.4 Å². The predicted molar refractivity (Wildman–Crippen MR) is 102 cm³/mol. The normalized spacial score (nSPS) is 11.0. The van der Waals surface area contributed by atoms with E-state index in [-0.39, 0.29) is 17.1 Å². The highest BCUT2D eigenvalue weighted by molar-refractivity contribution is 6.33. The number of phenolic OH excluding ortho intramolecular Hbond substituents is 1. The Morgan fingerprint density at radius 2 is 2.12 bits per heavy atom. The molecule has 1 amide bonds. The van der Waals surface area contributed by atoms with E-state index in [2.05, 4.69) is 20.5 Å². The third-order valence-corrected chi connectivity index (χ3v) is 3.96. The van der Waals surface area contributed by atoms with Gasteiger partial charge < -0.3 is 16.2 Å². The van der Waals surface area contributed by atoms with Crippen molar-refractivity contribution < 1.29 is 9.90 Å². The zero-order valence-electron chi connectivity index (χ0n) is 13.8. The van der Waals surface area contributed by atoms with Crippen LogP contribution >= 0.6 is 11.6 Å². The first-order chi connectivity index (χ1) is 12.5. The van der Waals surface area contributed by atoms with E-state index in [0.717, 1.165) is 11.3 Å². The molecule has 3 aromatic rings. The first-order valence-electron chi connectivity index (χ1n) is 7.69. The molecule has 0 atom stereocenters. The van der Waals surface area contributed by atoms with Gasteiger partial charge in [-0.25, -0.2) is 4.99 Å². The number of nitrogens with two attached hydrogens (primary N) is 1. The SMILES string of the molecule is Cc1cccc(Nc2[nH]nc(N=Cc3c(O)cccc3Cl)c2C(N)=O)c1. The van der Waals surface area contributed by atoms with Crippen LogP contribution in [0.15, 0.2) is 47.5 Å². The number of primary amides is 1. The maximum Gasteiger partial charge on any atom is 0.256 e. The number of H-pyrrole nitrogens is 1. The Labute approximate surface area is 154 Å². The van der Waals surface area contributed by atoms with E-state index >= 15 is 0 Å². The molecule has 26 heavy (non-hydrogen) atoms. The van der Waals surface area contributed by atoms with Crippen LogP contribution in [0.5, 0.6) is 5.75 Å². The predicted octanol–water partition coefficient (Wildman–Crippen LogP) is 3.67. The number of amides is 1. The van der Waals surface area contributed by atoms with E-state index in [0.29, 0.717) is 16.4 Å². The highest BCUT2D eigenvalue weighted by Gasteiger charge is 2.18. The van der Waals surface area contributed by atoms with Gasteiger partial charge in [0.15, 0.2) is 5.82 Å². The average molecular weight is 370 g/mol. The van der Waals surface area contributed by atoms with Gasteiger partial charge in [-0.2, -0.15) is 5.10 Å².